The van der Waals surface area contributed by atoms with Crippen molar-refractivity contribution >= 4 is 22.0 Å². The normalized spacial score (nSPS) is 13.7. The summed E-state index contributed by atoms with van der Waals surface area (Å²) in [5.74, 6) is -2.05. The summed E-state index contributed by atoms with van der Waals surface area (Å²) in [6.45, 7) is 3.66. The maximum absolute atomic E-state index is 12.5. The van der Waals surface area contributed by atoms with E-state index in [-0.39, 0.29) is 19.6 Å². The van der Waals surface area contributed by atoms with Crippen molar-refractivity contribution in [2.24, 2.45) is 0 Å². The second-order valence-electron chi connectivity index (χ2n) is 5.13. The van der Waals surface area contributed by atoms with Crippen molar-refractivity contribution in [3.63, 3.8) is 0 Å². The molecule has 0 bridgehead atoms. The van der Waals surface area contributed by atoms with Gasteiger partial charge in [-0.1, -0.05) is 30.3 Å². The molecular weight excluding hydrogens is 350 g/mol. The molecule has 0 aliphatic rings. The second kappa shape index (κ2) is 10.1. The van der Waals surface area contributed by atoms with Gasteiger partial charge >= 0.3 is 5.97 Å². The van der Waals surface area contributed by atoms with Gasteiger partial charge in [-0.05, 0) is 25.8 Å². The SMILES string of the molecule is CCOC(=O)[C@H](CCS(=O)(=O)O)NC(=O)C(OCC)c1ccccc1. The Hall–Kier alpha value is -1.97. The number of nitrogens with one attached hydrogen (secondary N) is 1. The van der Waals surface area contributed by atoms with Gasteiger partial charge in [0.05, 0.1) is 12.4 Å². The van der Waals surface area contributed by atoms with Crippen LogP contribution < -0.4 is 5.32 Å². The summed E-state index contributed by atoms with van der Waals surface area (Å²) in [7, 11) is -4.28. The van der Waals surface area contributed by atoms with Crippen molar-refractivity contribution in [2.45, 2.75) is 32.4 Å². The lowest BCUT2D eigenvalue weighted by Crippen LogP contribution is -2.45. The Bertz CT molecular complexity index is 660. The van der Waals surface area contributed by atoms with Gasteiger partial charge in [0.25, 0.3) is 16.0 Å². The molecule has 140 valence electrons. The Kier molecular flexibility index (Phi) is 8.53. The van der Waals surface area contributed by atoms with E-state index in [1.807, 2.05) is 0 Å². The van der Waals surface area contributed by atoms with E-state index in [4.69, 9.17) is 14.0 Å². The molecule has 1 amide bonds. The highest BCUT2D eigenvalue weighted by molar-refractivity contribution is 7.85. The number of benzene rings is 1. The van der Waals surface area contributed by atoms with Gasteiger partial charge in [0.2, 0.25) is 0 Å². The number of hydrogen-bond donors (Lipinski definition) is 2. The van der Waals surface area contributed by atoms with E-state index in [0.717, 1.165) is 0 Å². The highest BCUT2D eigenvalue weighted by Gasteiger charge is 2.28. The fourth-order valence-corrected chi connectivity index (χ4v) is 2.66. The van der Waals surface area contributed by atoms with Gasteiger partial charge in [-0.25, -0.2) is 4.79 Å². The number of amides is 1. The Morgan fingerprint density at radius 2 is 1.80 bits per heavy atom. The van der Waals surface area contributed by atoms with E-state index in [1.54, 1.807) is 44.2 Å². The smallest absolute Gasteiger partial charge is 0.328 e. The van der Waals surface area contributed by atoms with Crippen LogP contribution in [0.1, 0.15) is 31.9 Å². The predicted molar refractivity (Wildman–Crippen MR) is 90.4 cm³/mol. The van der Waals surface area contributed by atoms with Gasteiger partial charge in [0, 0.05) is 6.61 Å². The Labute approximate surface area is 147 Å². The molecule has 0 saturated heterocycles. The number of hydrogen-bond acceptors (Lipinski definition) is 6. The lowest BCUT2D eigenvalue weighted by molar-refractivity contribution is -0.149. The maximum atomic E-state index is 12.5. The molecule has 25 heavy (non-hydrogen) atoms. The van der Waals surface area contributed by atoms with Crippen LogP contribution in [0, 0.1) is 0 Å². The monoisotopic (exact) mass is 373 g/mol. The van der Waals surface area contributed by atoms with E-state index in [2.05, 4.69) is 5.32 Å². The molecule has 2 N–H and O–H groups in total. The molecule has 1 rings (SSSR count). The summed E-state index contributed by atoms with van der Waals surface area (Å²) in [5, 5.41) is 2.44. The van der Waals surface area contributed by atoms with Crippen LogP contribution in [0.3, 0.4) is 0 Å². The summed E-state index contributed by atoms with van der Waals surface area (Å²) in [6.07, 6.45) is -1.26. The zero-order valence-electron chi connectivity index (χ0n) is 14.2. The first-order valence-corrected chi connectivity index (χ1v) is 9.48. The van der Waals surface area contributed by atoms with Crippen molar-refractivity contribution in [3.05, 3.63) is 35.9 Å². The first-order chi connectivity index (χ1) is 11.8. The summed E-state index contributed by atoms with van der Waals surface area (Å²) in [6, 6.07) is 7.49. The third-order valence-corrected chi connectivity index (χ3v) is 3.98. The second-order valence-corrected chi connectivity index (χ2v) is 6.71. The zero-order chi connectivity index (χ0) is 18.9. The minimum absolute atomic E-state index is 0.0741. The molecular formula is C16H23NO7S. The molecule has 0 aromatic heterocycles. The molecule has 1 aromatic carbocycles. The van der Waals surface area contributed by atoms with Crippen molar-refractivity contribution in [1.29, 1.82) is 0 Å². The highest BCUT2D eigenvalue weighted by atomic mass is 32.2. The Morgan fingerprint density at radius 1 is 1.16 bits per heavy atom. The van der Waals surface area contributed by atoms with Gasteiger partial charge < -0.3 is 14.8 Å². The average molecular weight is 373 g/mol. The number of ether oxygens (including phenoxy) is 2. The number of rotatable bonds is 10. The van der Waals surface area contributed by atoms with E-state index in [0.29, 0.717) is 5.56 Å². The molecule has 0 heterocycles. The first-order valence-electron chi connectivity index (χ1n) is 7.87. The van der Waals surface area contributed by atoms with E-state index >= 15 is 0 Å². The highest BCUT2D eigenvalue weighted by Crippen LogP contribution is 2.18. The molecule has 0 aliphatic heterocycles. The number of esters is 1. The number of carbonyl (C=O) groups is 2. The fourth-order valence-electron chi connectivity index (χ4n) is 2.12. The quantitative estimate of drug-likeness (QED) is 0.465. The van der Waals surface area contributed by atoms with Crippen LogP contribution in [0.25, 0.3) is 0 Å². The first kappa shape index (κ1) is 21.1. The van der Waals surface area contributed by atoms with E-state index in [9.17, 15) is 18.0 Å². The molecule has 0 aliphatic carbocycles. The topological polar surface area (TPSA) is 119 Å². The summed E-state index contributed by atoms with van der Waals surface area (Å²) in [4.78, 5) is 24.5. The van der Waals surface area contributed by atoms with Crippen molar-refractivity contribution in [2.75, 3.05) is 19.0 Å². The largest absolute Gasteiger partial charge is 0.464 e. The van der Waals surface area contributed by atoms with E-state index < -0.39 is 39.9 Å². The predicted octanol–water partition coefficient (Wildman–Crippen LogP) is 1.09. The van der Waals surface area contributed by atoms with E-state index in [1.165, 1.54) is 0 Å². The third kappa shape index (κ3) is 7.63. The van der Waals surface area contributed by atoms with Crippen LogP contribution >= 0.6 is 0 Å². The van der Waals surface area contributed by atoms with Gasteiger partial charge in [-0.3, -0.25) is 9.35 Å². The van der Waals surface area contributed by atoms with Gasteiger partial charge in [-0.2, -0.15) is 8.42 Å². The molecule has 0 radical (unpaired) electrons. The van der Waals surface area contributed by atoms with Gasteiger partial charge in [-0.15, -0.1) is 0 Å². The van der Waals surface area contributed by atoms with Crippen LogP contribution in [0.5, 0.6) is 0 Å². The van der Waals surface area contributed by atoms with Crippen molar-refractivity contribution in [3.8, 4) is 0 Å². The molecule has 1 aromatic rings. The van der Waals surface area contributed by atoms with Crippen molar-refractivity contribution in [1.82, 2.24) is 5.32 Å². The fraction of sp³-hybridized carbons (Fsp3) is 0.500. The van der Waals surface area contributed by atoms with Crippen LogP contribution in [0.4, 0.5) is 0 Å². The van der Waals surface area contributed by atoms with Crippen LogP contribution in [-0.2, 0) is 29.2 Å². The standard InChI is InChI=1S/C16H23NO7S/c1-3-23-14(12-8-6-5-7-9-12)15(18)17-13(16(19)24-4-2)10-11-25(20,21)22/h5-9,13-14H,3-4,10-11H2,1-2H3,(H,17,18)(H,20,21,22)/t13-,14?/m0/s1. The molecule has 1 unspecified atom stereocenters. The molecule has 9 heteroatoms. The maximum Gasteiger partial charge on any atom is 0.328 e. The van der Waals surface area contributed by atoms with Gasteiger partial charge in [0.1, 0.15) is 6.04 Å². The summed E-state index contributed by atoms with van der Waals surface area (Å²) in [5.41, 5.74) is 0.597. The van der Waals surface area contributed by atoms with Gasteiger partial charge in [0.15, 0.2) is 6.10 Å². The molecule has 2 atom stereocenters. The average Bonchev–Trinajstić information content (AvgIpc) is 2.56. The van der Waals surface area contributed by atoms with Crippen molar-refractivity contribution < 1.29 is 32.0 Å². The lowest BCUT2D eigenvalue weighted by atomic mass is 10.1. The van der Waals surface area contributed by atoms with Crippen LogP contribution in [0.15, 0.2) is 30.3 Å². The molecule has 8 nitrogen and oxygen atoms in total. The minimum atomic E-state index is -4.28. The third-order valence-electron chi connectivity index (χ3n) is 3.23. The molecule has 0 spiro atoms. The number of carbonyl (C=O) groups excluding carboxylic acids is 2. The van der Waals surface area contributed by atoms with Crippen LogP contribution in [-0.4, -0.2) is 49.9 Å². The summed E-state index contributed by atoms with van der Waals surface area (Å²) < 4.78 is 41.0. The summed E-state index contributed by atoms with van der Waals surface area (Å²) >= 11 is 0. The molecule has 0 fully saturated rings. The Morgan fingerprint density at radius 3 is 2.32 bits per heavy atom. The Balaban J connectivity index is 2.91. The lowest BCUT2D eigenvalue weighted by Gasteiger charge is -2.21. The minimum Gasteiger partial charge on any atom is -0.464 e. The zero-order valence-corrected chi connectivity index (χ0v) is 15.0. The van der Waals surface area contributed by atoms with Crippen LogP contribution in [0.2, 0.25) is 0 Å². The molecule has 0 saturated carbocycles.